The monoisotopic (exact) mass is 543 g/mol. The molecule has 0 aliphatic heterocycles. The van der Waals surface area contributed by atoms with Crippen molar-refractivity contribution in [2.24, 2.45) is 61.3 Å². The topological polar surface area (TPSA) is 85.2 Å². The maximum absolute atomic E-state index is 13.5. The van der Waals surface area contributed by atoms with Gasteiger partial charge in [0.05, 0.1) is 18.2 Å². The zero-order valence-corrected chi connectivity index (χ0v) is 26.0. The molecule has 5 aliphatic carbocycles. The molecule has 6 heteroatoms. The van der Waals surface area contributed by atoms with Crippen molar-refractivity contribution in [2.75, 3.05) is 7.11 Å². The van der Waals surface area contributed by atoms with Gasteiger partial charge in [0.25, 0.3) is 0 Å². The Kier molecular flexibility index (Phi) is 6.64. The average molecular weight is 544 g/mol. The predicted octanol–water partition coefficient (Wildman–Crippen LogP) is 7.41. The molecule has 0 aromatic rings. The molecule has 0 bridgehead atoms. The number of ether oxygens (including phenoxy) is 2. The van der Waals surface area contributed by atoms with Crippen LogP contribution in [0, 0.1) is 56.2 Å². The first-order valence-corrected chi connectivity index (χ1v) is 15.5. The largest absolute Gasteiger partial charge is 0.469 e. The Hall–Kier alpha value is -1.59. The molecule has 1 N–H and O–H groups in total. The van der Waals surface area contributed by atoms with Crippen LogP contribution in [-0.4, -0.2) is 36.1 Å². The standard InChI is InChI=1S/C33H53NO5/c1-20(35)39-25-11-12-30(6)23(29(25,4)5)10-13-31(7)24(30)18-22(34-37)26-21-19-28(2,3)14-16-33(21,27(36)38-9)17-15-32(26,31)8/h21,23-26,37H,10-19H2,1-9H3/b34-22+/t21?,23?,24?,25?,26?,30-,31+,32+,33-/m0/s1. The van der Waals surface area contributed by atoms with Crippen LogP contribution < -0.4 is 0 Å². The van der Waals surface area contributed by atoms with Crippen LogP contribution in [0.15, 0.2) is 5.16 Å². The molecule has 0 spiro atoms. The van der Waals surface area contributed by atoms with E-state index in [9.17, 15) is 14.8 Å². The van der Waals surface area contributed by atoms with Crippen molar-refractivity contribution >= 4 is 17.7 Å². The number of carbonyl (C=O) groups is 2. The van der Waals surface area contributed by atoms with Gasteiger partial charge in [-0.25, -0.2) is 0 Å². The first-order chi connectivity index (χ1) is 18.0. The molecule has 0 aromatic heterocycles. The molecule has 0 saturated heterocycles. The van der Waals surface area contributed by atoms with E-state index in [1.54, 1.807) is 0 Å². The van der Waals surface area contributed by atoms with E-state index in [0.717, 1.165) is 69.9 Å². The number of nitrogens with zero attached hydrogens (tertiary/aromatic N) is 1. The van der Waals surface area contributed by atoms with Gasteiger partial charge in [0.1, 0.15) is 6.10 Å². The number of oxime groups is 1. The minimum Gasteiger partial charge on any atom is -0.469 e. The SMILES string of the molecule is COC(=O)[C@]12CCC(C)(C)CC1C1/C(=N/O)CC3[C@@]4(C)CCC(OC(C)=O)C(C)(C)C4CC[C@@]3(C)[C@]1(C)CC2. The summed E-state index contributed by atoms with van der Waals surface area (Å²) in [6.45, 7) is 18.3. The highest BCUT2D eigenvalue weighted by Crippen LogP contribution is 2.76. The van der Waals surface area contributed by atoms with E-state index >= 15 is 0 Å². The molecule has 5 saturated carbocycles. The number of fused-ring (bicyclic) bond motifs is 7. The van der Waals surface area contributed by atoms with E-state index in [1.807, 2.05) is 0 Å². The Morgan fingerprint density at radius 3 is 2.15 bits per heavy atom. The molecule has 220 valence electrons. The summed E-state index contributed by atoms with van der Waals surface area (Å²) in [5.41, 5.74) is 0.495. The lowest BCUT2D eigenvalue weighted by Gasteiger charge is -2.73. The number of hydrogen-bond acceptors (Lipinski definition) is 6. The van der Waals surface area contributed by atoms with Gasteiger partial charge in [-0.3, -0.25) is 9.59 Å². The first kappa shape index (κ1) is 28.9. The van der Waals surface area contributed by atoms with E-state index in [2.05, 4.69) is 53.6 Å². The molecular formula is C33H53NO5. The van der Waals surface area contributed by atoms with Crippen molar-refractivity contribution in [1.82, 2.24) is 0 Å². The quantitative estimate of drug-likeness (QED) is 0.223. The normalized spacial score (nSPS) is 49.1. The van der Waals surface area contributed by atoms with Gasteiger partial charge >= 0.3 is 11.9 Å². The van der Waals surface area contributed by atoms with Gasteiger partial charge in [0, 0.05) is 18.3 Å². The van der Waals surface area contributed by atoms with Gasteiger partial charge in [0.2, 0.25) is 0 Å². The lowest BCUT2D eigenvalue weighted by molar-refractivity contribution is -0.235. The zero-order valence-electron chi connectivity index (χ0n) is 26.0. The van der Waals surface area contributed by atoms with Gasteiger partial charge < -0.3 is 14.7 Å². The van der Waals surface area contributed by atoms with Crippen molar-refractivity contribution in [1.29, 1.82) is 0 Å². The number of hydrogen-bond donors (Lipinski definition) is 1. The van der Waals surface area contributed by atoms with E-state index in [0.29, 0.717) is 11.8 Å². The molecule has 39 heavy (non-hydrogen) atoms. The second kappa shape index (κ2) is 8.95. The number of carbonyl (C=O) groups excluding carboxylic acids is 2. The molecule has 9 atom stereocenters. The minimum atomic E-state index is -0.487. The maximum Gasteiger partial charge on any atom is 0.312 e. The Morgan fingerprint density at radius 2 is 1.54 bits per heavy atom. The second-order valence-corrected chi connectivity index (χ2v) is 16.3. The van der Waals surface area contributed by atoms with Crippen LogP contribution in [-0.2, 0) is 19.1 Å². The van der Waals surface area contributed by atoms with Crippen LogP contribution in [0.5, 0.6) is 0 Å². The number of esters is 2. The van der Waals surface area contributed by atoms with Gasteiger partial charge in [-0.1, -0.05) is 53.6 Å². The van der Waals surface area contributed by atoms with Crippen LogP contribution >= 0.6 is 0 Å². The molecule has 5 rings (SSSR count). The van der Waals surface area contributed by atoms with Crippen LogP contribution in [0.25, 0.3) is 0 Å². The Morgan fingerprint density at radius 1 is 0.872 bits per heavy atom. The molecule has 0 aromatic carbocycles. The fourth-order valence-corrected chi connectivity index (χ4v) is 11.8. The molecule has 0 amide bonds. The lowest BCUT2D eigenvalue weighted by Crippen LogP contribution is -2.70. The molecule has 5 aliphatic rings. The Balaban J connectivity index is 1.59. The fourth-order valence-electron chi connectivity index (χ4n) is 11.8. The Bertz CT molecular complexity index is 1060. The third kappa shape index (κ3) is 3.81. The molecule has 0 heterocycles. The summed E-state index contributed by atoms with van der Waals surface area (Å²) in [5, 5.41) is 14.8. The molecular weight excluding hydrogens is 490 g/mol. The van der Waals surface area contributed by atoms with Gasteiger partial charge in [-0.05, 0) is 104 Å². The Labute approximate surface area is 236 Å². The highest BCUT2D eigenvalue weighted by atomic mass is 16.5. The van der Waals surface area contributed by atoms with E-state index in [1.165, 1.54) is 14.0 Å². The smallest absolute Gasteiger partial charge is 0.312 e. The van der Waals surface area contributed by atoms with Crippen molar-refractivity contribution in [3.63, 3.8) is 0 Å². The van der Waals surface area contributed by atoms with Crippen molar-refractivity contribution < 1.29 is 24.3 Å². The van der Waals surface area contributed by atoms with Crippen molar-refractivity contribution in [2.45, 2.75) is 126 Å². The predicted molar refractivity (Wildman–Crippen MR) is 151 cm³/mol. The highest BCUT2D eigenvalue weighted by Gasteiger charge is 2.73. The summed E-state index contributed by atoms with van der Waals surface area (Å²) in [7, 11) is 1.54. The van der Waals surface area contributed by atoms with Crippen molar-refractivity contribution in [3.8, 4) is 0 Å². The summed E-state index contributed by atoms with van der Waals surface area (Å²) in [4.78, 5) is 25.5. The maximum atomic E-state index is 13.5. The summed E-state index contributed by atoms with van der Waals surface area (Å²) >= 11 is 0. The summed E-state index contributed by atoms with van der Waals surface area (Å²) in [6, 6.07) is 0. The second-order valence-electron chi connectivity index (χ2n) is 16.3. The summed E-state index contributed by atoms with van der Waals surface area (Å²) < 4.78 is 11.4. The van der Waals surface area contributed by atoms with Gasteiger partial charge in [-0.2, -0.15) is 0 Å². The minimum absolute atomic E-state index is 0.0553. The highest BCUT2D eigenvalue weighted by molar-refractivity contribution is 5.90. The van der Waals surface area contributed by atoms with Crippen LogP contribution in [0.1, 0.15) is 120 Å². The summed E-state index contributed by atoms with van der Waals surface area (Å²) in [6.07, 6.45) is 9.48. The number of rotatable bonds is 2. The lowest BCUT2D eigenvalue weighted by atomic mass is 9.31. The fraction of sp³-hybridized carbons (Fsp3) is 0.909. The third-order valence-corrected chi connectivity index (χ3v) is 14.0. The molecule has 5 fully saturated rings. The van der Waals surface area contributed by atoms with Crippen LogP contribution in [0.2, 0.25) is 0 Å². The van der Waals surface area contributed by atoms with Crippen LogP contribution in [0.4, 0.5) is 0 Å². The van der Waals surface area contributed by atoms with Gasteiger partial charge in [-0.15, -0.1) is 0 Å². The number of methoxy groups -OCH3 is 1. The average Bonchev–Trinajstić information content (AvgIpc) is 2.85. The van der Waals surface area contributed by atoms with E-state index in [4.69, 9.17) is 9.47 Å². The van der Waals surface area contributed by atoms with Crippen LogP contribution in [0.3, 0.4) is 0 Å². The molecule has 5 unspecified atom stereocenters. The first-order valence-electron chi connectivity index (χ1n) is 15.5. The molecule has 6 nitrogen and oxygen atoms in total. The summed E-state index contributed by atoms with van der Waals surface area (Å²) in [5.74, 6) is 0.741. The van der Waals surface area contributed by atoms with Gasteiger partial charge in [0.15, 0.2) is 0 Å². The third-order valence-electron chi connectivity index (χ3n) is 14.0. The van der Waals surface area contributed by atoms with Crippen molar-refractivity contribution in [3.05, 3.63) is 0 Å². The van der Waals surface area contributed by atoms with E-state index in [-0.39, 0.29) is 57.0 Å². The zero-order chi connectivity index (χ0) is 28.8. The molecule has 0 radical (unpaired) electrons. The van der Waals surface area contributed by atoms with E-state index < -0.39 is 5.41 Å².